The molecule has 4 atom stereocenters. The van der Waals surface area contributed by atoms with Crippen LogP contribution in [0.2, 0.25) is 0 Å². The number of carbonyl (C=O) groups is 4. The average Bonchev–Trinajstić information content (AvgIpc) is 2.81. The number of hydrogen-bond acceptors (Lipinski definition) is 7. The zero-order valence-electron chi connectivity index (χ0n) is 19.8. The minimum absolute atomic E-state index is 0.154. The maximum absolute atomic E-state index is 13.1. The molecule has 190 valence electrons. The molecule has 0 aliphatic heterocycles. The van der Waals surface area contributed by atoms with Crippen molar-refractivity contribution in [3.63, 3.8) is 0 Å². The standard InChI is InChI=1S/C23H37N5O5S/c1-15(23(32)33)26-22(31)19(14-16-8-4-3-5-9-16)28-21(30)18(10-6-7-12-24)27-20(29)17(25)11-13-34-2/h3-5,8-9,15,17-19H,6-7,10-14,24-25H2,1-2H3,(H,26,31)(H,27,29)(H,28,30)(H,32,33). The van der Waals surface area contributed by atoms with Crippen molar-refractivity contribution in [1.82, 2.24) is 16.0 Å². The molecule has 0 spiro atoms. The van der Waals surface area contributed by atoms with Gasteiger partial charge in [-0.15, -0.1) is 0 Å². The summed E-state index contributed by atoms with van der Waals surface area (Å²) < 4.78 is 0. The summed E-state index contributed by atoms with van der Waals surface area (Å²) in [5.41, 5.74) is 12.3. The summed E-state index contributed by atoms with van der Waals surface area (Å²) in [6.45, 7) is 1.79. The monoisotopic (exact) mass is 495 g/mol. The summed E-state index contributed by atoms with van der Waals surface area (Å²) in [5.74, 6) is -2.09. The number of amides is 3. The van der Waals surface area contributed by atoms with Crippen LogP contribution in [0.3, 0.4) is 0 Å². The van der Waals surface area contributed by atoms with Gasteiger partial charge in [0.2, 0.25) is 17.7 Å². The minimum Gasteiger partial charge on any atom is -0.480 e. The van der Waals surface area contributed by atoms with Crippen LogP contribution in [-0.2, 0) is 25.6 Å². The topological polar surface area (TPSA) is 177 Å². The number of unbranched alkanes of at least 4 members (excludes halogenated alkanes) is 1. The number of aliphatic carboxylic acids is 1. The minimum atomic E-state index is -1.19. The van der Waals surface area contributed by atoms with Gasteiger partial charge in [-0.05, 0) is 56.7 Å². The van der Waals surface area contributed by atoms with E-state index < -0.39 is 47.9 Å². The first-order valence-electron chi connectivity index (χ1n) is 11.3. The number of hydrogen-bond donors (Lipinski definition) is 6. The number of carboxylic acids is 1. The molecule has 10 nitrogen and oxygen atoms in total. The van der Waals surface area contributed by atoms with Crippen LogP contribution >= 0.6 is 11.8 Å². The number of thioether (sulfide) groups is 1. The van der Waals surface area contributed by atoms with Crippen molar-refractivity contribution >= 4 is 35.5 Å². The normalized spacial score (nSPS) is 14.4. The molecule has 0 aliphatic carbocycles. The number of carbonyl (C=O) groups excluding carboxylic acids is 3. The summed E-state index contributed by atoms with van der Waals surface area (Å²) in [6.07, 6.45) is 4.13. The molecule has 0 bridgehead atoms. The molecular weight excluding hydrogens is 458 g/mol. The van der Waals surface area contributed by atoms with E-state index in [1.54, 1.807) is 36.0 Å². The van der Waals surface area contributed by atoms with Crippen LogP contribution in [0.25, 0.3) is 0 Å². The Balaban J connectivity index is 3.00. The van der Waals surface area contributed by atoms with Crippen molar-refractivity contribution in [2.75, 3.05) is 18.6 Å². The van der Waals surface area contributed by atoms with Gasteiger partial charge in [0.05, 0.1) is 6.04 Å². The number of carboxylic acid groups (broad SMARTS) is 1. The first-order chi connectivity index (χ1) is 16.2. The lowest BCUT2D eigenvalue weighted by atomic mass is 10.0. The molecule has 1 aromatic rings. The molecule has 8 N–H and O–H groups in total. The van der Waals surface area contributed by atoms with Gasteiger partial charge in [-0.1, -0.05) is 30.3 Å². The molecule has 0 saturated carbocycles. The quantitative estimate of drug-likeness (QED) is 0.174. The van der Waals surface area contributed by atoms with Gasteiger partial charge in [0.25, 0.3) is 0 Å². The van der Waals surface area contributed by atoms with Crippen molar-refractivity contribution < 1.29 is 24.3 Å². The van der Waals surface area contributed by atoms with E-state index in [1.165, 1.54) is 6.92 Å². The molecule has 34 heavy (non-hydrogen) atoms. The second-order valence-corrected chi connectivity index (χ2v) is 9.04. The Morgan fingerprint density at radius 1 is 0.941 bits per heavy atom. The molecule has 4 unspecified atom stereocenters. The largest absolute Gasteiger partial charge is 0.480 e. The van der Waals surface area contributed by atoms with Gasteiger partial charge in [-0.2, -0.15) is 11.8 Å². The third kappa shape index (κ3) is 11.0. The zero-order chi connectivity index (χ0) is 25.5. The van der Waals surface area contributed by atoms with Crippen LogP contribution in [-0.4, -0.2) is 71.5 Å². The predicted octanol–water partition coefficient (Wildman–Crippen LogP) is -0.00260. The van der Waals surface area contributed by atoms with Gasteiger partial charge < -0.3 is 32.5 Å². The summed E-state index contributed by atoms with van der Waals surface area (Å²) in [5, 5.41) is 16.9. The van der Waals surface area contributed by atoms with Crippen LogP contribution in [0.15, 0.2) is 30.3 Å². The highest BCUT2D eigenvalue weighted by atomic mass is 32.2. The maximum atomic E-state index is 13.1. The lowest BCUT2D eigenvalue weighted by Gasteiger charge is -2.25. The van der Waals surface area contributed by atoms with Gasteiger partial charge >= 0.3 is 5.97 Å². The smallest absolute Gasteiger partial charge is 0.325 e. The molecule has 11 heteroatoms. The van der Waals surface area contributed by atoms with Crippen LogP contribution < -0.4 is 27.4 Å². The lowest BCUT2D eigenvalue weighted by molar-refractivity contribution is -0.141. The van der Waals surface area contributed by atoms with Crippen molar-refractivity contribution in [2.45, 2.75) is 63.2 Å². The second-order valence-electron chi connectivity index (χ2n) is 8.05. The van der Waals surface area contributed by atoms with E-state index in [0.717, 1.165) is 5.56 Å². The second kappa shape index (κ2) is 16.1. The fourth-order valence-corrected chi connectivity index (χ4v) is 3.61. The Bertz CT molecular complexity index is 795. The Morgan fingerprint density at radius 3 is 2.15 bits per heavy atom. The molecule has 3 amide bonds. The summed E-state index contributed by atoms with van der Waals surface area (Å²) >= 11 is 1.57. The molecule has 1 aromatic carbocycles. The van der Waals surface area contributed by atoms with E-state index in [2.05, 4.69) is 16.0 Å². The molecule has 0 radical (unpaired) electrons. The van der Waals surface area contributed by atoms with E-state index in [4.69, 9.17) is 16.6 Å². The van der Waals surface area contributed by atoms with Gasteiger partial charge in [-0.3, -0.25) is 19.2 Å². The number of rotatable bonds is 16. The van der Waals surface area contributed by atoms with Crippen molar-refractivity contribution in [2.24, 2.45) is 11.5 Å². The summed E-state index contributed by atoms with van der Waals surface area (Å²) in [7, 11) is 0. The lowest BCUT2D eigenvalue weighted by Crippen LogP contribution is -2.57. The Hall–Kier alpha value is -2.63. The molecule has 1 rings (SSSR count). The van der Waals surface area contributed by atoms with Crippen LogP contribution in [0.5, 0.6) is 0 Å². The van der Waals surface area contributed by atoms with Gasteiger partial charge in [0.15, 0.2) is 0 Å². The maximum Gasteiger partial charge on any atom is 0.325 e. The van der Waals surface area contributed by atoms with Crippen LogP contribution in [0, 0.1) is 0 Å². The molecule has 0 saturated heterocycles. The highest BCUT2D eigenvalue weighted by Gasteiger charge is 2.29. The van der Waals surface area contributed by atoms with E-state index in [1.807, 2.05) is 12.3 Å². The summed E-state index contributed by atoms with van der Waals surface area (Å²) in [6, 6.07) is 5.23. The Kier molecular flexibility index (Phi) is 13.9. The van der Waals surface area contributed by atoms with Crippen molar-refractivity contribution in [1.29, 1.82) is 0 Å². The molecule has 0 fully saturated rings. The number of nitrogens with one attached hydrogen (secondary N) is 3. The van der Waals surface area contributed by atoms with Crippen LogP contribution in [0.1, 0.15) is 38.2 Å². The predicted molar refractivity (Wildman–Crippen MR) is 133 cm³/mol. The molecule has 0 aromatic heterocycles. The number of nitrogens with two attached hydrogens (primary N) is 2. The molecule has 0 heterocycles. The van der Waals surface area contributed by atoms with Gasteiger partial charge in [-0.25, -0.2) is 0 Å². The summed E-state index contributed by atoms with van der Waals surface area (Å²) in [4.78, 5) is 49.7. The Labute approximate surface area is 205 Å². The van der Waals surface area contributed by atoms with Gasteiger partial charge in [0, 0.05) is 6.42 Å². The first-order valence-corrected chi connectivity index (χ1v) is 12.7. The van der Waals surface area contributed by atoms with E-state index in [-0.39, 0.29) is 6.42 Å². The highest BCUT2D eigenvalue weighted by Crippen LogP contribution is 2.08. The highest BCUT2D eigenvalue weighted by molar-refractivity contribution is 7.98. The number of benzene rings is 1. The molecular formula is C23H37N5O5S. The van der Waals surface area contributed by atoms with Crippen molar-refractivity contribution in [3.8, 4) is 0 Å². The van der Waals surface area contributed by atoms with E-state index in [0.29, 0.717) is 38.0 Å². The van der Waals surface area contributed by atoms with Crippen LogP contribution in [0.4, 0.5) is 0 Å². The van der Waals surface area contributed by atoms with Crippen molar-refractivity contribution in [3.05, 3.63) is 35.9 Å². The van der Waals surface area contributed by atoms with Gasteiger partial charge in [0.1, 0.15) is 18.1 Å². The molecule has 0 aliphatic rings. The third-order valence-electron chi connectivity index (χ3n) is 5.19. The third-order valence-corrected chi connectivity index (χ3v) is 5.84. The average molecular weight is 496 g/mol. The van der Waals surface area contributed by atoms with E-state index >= 15 is 0 Å². The SMILES string of the molecule is CSCCC(N)C(=O)NC(CCCCN)C(=O)NC(Cc1ccccc1)C(=O)NC(C)C(=O)O. The fraction of sp³-hybridized carbons (Fsp3) is 0.565. The Morgan fingerprint density at radius 2 is 1.56 bits per heavy atom. The van der Waals surface area contributed by atoms with E-state index in [9.17, 15) is 19.2 Å². The fourth-order valence-electron chi connectivity index (χ4n) is 3.12. The first kappa shape index (κ1) is 29.4. The zero-order valence-corrected chi connectivity index (χ0v) is 20.6.